The zero-order valence-electron chi connectivity index (χ0n) is 13.6. The van der Waals surface area contributed by atoms with E-state index in [9.17, 15) is 0 Å². The molecule has 0 bridgehead atoms. The summed E-state index contributed by atoms with van der Waals surface area (Å²) in [6, 6.07) is 1.78. The van der Waals surface area contributed by atoms with Crippen LogP contribution in [0.1, 0.15) is 45.2 Å². The summed E-state index contributed by atoms with van der Waals surface area (Å²) in [5.41, 5.74) is 1.97. The summed E-state index contributed by atoms with van der Waals surface area (Å²) >= 11 is 3.63. The maximum atomic E-state index is 5.43. The van der Waals surface area contributed by atoms with Crippen LogP contribution in [0.15, 0.2) is 10.8 Å². The van der Waals surface area contributed by atoms with Gasteiger partial charge in [-0.15, -0.1) is 0 Å². The Hall–Kier alpha value is -0.463. The minimum absolute atomic E-state index is 0.545. The number of aromatic nitrogens is 2. The van der Waals surface area contributed by atoms with Crippen LogP contribution in [0.2, 0.25) is 11.6 Å². The van der Waals surface area contributed by atoms with E-state index >= 15 is 0 Å². The van der Waals surface area contributed by atoms with Gasteiger partial charge in [-0.2, -0.15) is 0 Å². The average molecular weight is 384 g/mol. The maximum absolute atomic E-state index is 5.43. The topological polar surface area (TPSA) is 47.0 Å². The van der Waals surface area contributed by atoms with Gasteiger partial charge in [0.2, 0.25) is 0 Å². The Kier molecular flexibility index (Phi) is 7.82. The predicted molar refractivity (Wildman–Crippen MR) is 95.8 cm³/mol. The van der Waals surface area contributed by atoms with Gasteiger partial charge >= 0.3 is 0 Å². The Morgan fingerprint density at radius 3 is 2.73 bits per heavy atom. The highest BCUT2D eigenvalue weighted by Gasteiger charge is 2.22. The fourth-order valence-electron chi connectivity index (χ4n) is 2.87. The van der Waals surface area contributed by atoms with Gasteiger partial charge in [0.15, 0.2) is 0 Å². The van der Waals surface area contributed by atoms with Crippen LogP contribution in [0.3, 0.4) is 0 Å². The molecule has 22 heavy (non-hydrogen) atoms. The number of anilines is 1. The standard InChI is InChI=1S/C16H26BrN3OSi/c1-3-14-15(17)16(19-11-18-14)20-12-5-7-13(8-6-12)22-10-9-21-4-2/h11-13H,3-10H2,1-2H3,(H,18,19,20). The summed E-state index contributed by atoms with van der Waals surface area (Å²) in [4.78, 5) is 8.69. The van der Waals surface area contributed by atoms with Crippen LogP contribution in [-0.2, 0) is 11.2 Å². The minimum Gasteiger partial charge on any atom is -0.382 e. The summed E-state index contributed by atoms with van der Waals surface area (Å²) in [6.45, 7) is 5.95. The molecule has 122 valence electrons. The number of aryl methyl sites for hydroxylation is 1. The third-order valence-corrected chi connectivity index (χ3v) is 6.63. The van der Waals surface area contributed by atoms with E-state index < -0.39 is 0 Å². The summed E-state index contributed by atoms with van der Waals surface area (Å²) in [5.74, 6) is 0.953. The lowest BCUT2D eigenvalue weighted by Gasteiger charge is -2.29. The van der Waals surface area contributed by atoms with Crippen molar-refractivity contribution in [2.24, 2.45) is 0 Å². The Labute approximate surface area is 144 Å². The van der Waals surface area contributed by atoms with Gasteiger partial charge in [-0.25, -0.2) is 9.97 Å². The van der Waals surface area contributed by atoms with Gasteiger partial charge in [0.25, 0.3) is 0 Å². The second-order valence-corrected chi connectivity index (χ2v) is 8.20. The predicted octanol–water partition coefficient (Wildman–Crippen LogP) is 4.10. The van der Waals surface area contributed by atoms with Crippen molar-refractivity contribution in [1.29, 1.82) is 0 Å². The summed E-state index contributed by atoms with van der Waals surface area (Å²) in [7, 11) is 1.06. The van der Waals surface area contributed by atoms with Crippen LogP contribution in [0.25, 0.3) is 0 Å². The van der Waals surface area contributed by atoms with E-state index in [4.69, 9.17) is 4.74 Å². The fraction of sp³-hybridized carbons (Fsp3) is 0.750. The molecule has 2 radical (unpaired) electrons. The van der Waals surface area contributed by atoms with E-state index in [0.29, 0.717) is 6.04 Å². The van der Waals surface area contributed by atoms with Crippen molar-refractivity contribution in [1.82, 2.24) is 9.97 Å². The first-order valence-corrected chi connectivity index (χ1v) is 10.4. The van der Waals surface area contributed by atoms with Gasteiger partial charge in [-0.1, -0.05) is 19.8 Å². The molecule has 2 rings (SSSR count). The van der Waals surface area contributed by atoms with Crippen LogP contribution in [0, 0.1) is 0 Å². The molecule has 1 aromatic heterocycles. The molecule has 0 saturated heterocycles. The molecule has 0 atom stereocenters. The molecule has 0 spiro atoms. The number of hydrogen-bond acceptors (Lipinski definition) is 4. The molecule has 0 aliphatic heterocycles. The molecule has 1 saturated carbocycles. The van der Waals surface area contributed by atoms with Crippen molar-refractivity contribution in [3.63, 3.8) is 0 Å². The van der Waals surface area contributed by atoms with Crippen LogP contribution < -0.4 is 5.32 Å². The Balaban J connectivity index is 1.75. The SMILES string of the molecule is CCOCC[Si]C1CCC(Nc2ncnc(CC)c2Br)CC1. The second-order valence-electron chi connectivity index (χ2n) is 5.68. The molecule has 1 aliphatic carbocycles. The van der Waals surface area contributed by atoms with Crippen LogP contribution in [0.4, 0.5) is 5.82 Å². The summed E-state index contributed by atoms with van der Waals surface area (Å²) in [5, 5.41) is 3.60. The highest BCUT2D eigenvalue weighted by atomic mass is 79.9. The molecule has 1 N–H and O–H groups in total. The van der Waals surface area contributed by atoms with Crippen LogP contribution >= 0.6 is 15.9 Å². The van der Waals surface area contributed by atoms with E-state index in [1.54, 1.807) is 6.33 Å². The molecule has 1 aromatic rings. The first kappa shape index (κ1) is 17.9. The number of nitrogens with one attached hydrogen (secondary N) is 1. The average Bonchev–Trinajstić information content (AvgIpc) is 2.55. The Morgan fingerprint density at radius 1 is 1.27 bits per heavy atom. The van der Waals surface area contributed by atoms with Crippen LogP contribution in [0.5, 0.6) is 0 Å². The van der Waals surface area contributed by atoms with Crippen molar-refractivity contribution >= 4 is 31.3 Å². The summed E-state index contributed by atoms with van der Waals surface area (Å²) in [6.07, 6.45) is 7.71. The van der Waals surface area contributed by atoms with Crippen molar-refractivity contribution in [3.05, 3.63) is 16.5 Å². The first-order valence-electron chi connectivity index (χ1n) is 8.31. The Morgan fingerprint density at radius 2 is 2.05 bits per heavy atom. The minimum atomic E-state index is 0.545. The molecule has 0 unspecified atom stereocenters. The monoisotopic (exact) mass is 383 g/mol. The maximum Gasteiger partial charge on any atom is 0.144 e. The normalized spacial score (nSPS) is 21.8. The summed E-state index contributed by atoms with van der Waals surface area (Å²) < 4.78 is 6.46. The van der Waals surface area contributed by atoms with E-state index in [-0.39, 0.29) is 0 Å². The highest BCUT2D eigenvalue weighted by molar-refractivity contribution is 9.10. The zero-order valence-corrected chi connectivity index (χ0v) is 16.2. The van der Waals surface area contributed by atoms with Crippen molar-refractivity contribution in [2.45, 2.75) is 63.6 Å². The smallest absolute Gasteiger partial charge is 0.144 e. The van der Waals surface area contributed by atoms with Crippen molar-refractivity contribution < 1.29 is 4.74 Å². The first-order chi connectivity index (χ1) is 10.7. The van der Waals surface area contributed by atoms with Gasteiger partial charge in [-0.3, -0.25) is 0 Å². The largest absolute Gasteiger partial charge is 0.382 e. The van der Waals surface area contributed by atoms with Gasteiger partial charge in [0.1, 0.15) is 12.1 Å². The van der Waals surface area contributed by atoms with Gasteiger partial charge in [0.05, 0.1) is 10.2 Å². The quantitative estimate of drug-likeness (QED) is 0.541. The number of rotatable bonds is 8. The third kappa shape index (κ3) is 5.32. The highest BCUT2D eigenvalue weighted by Crippen LogP contribution is 2.32. The van der Waals surface area contributed by atoms with Gasteiger partial charge in [0, 0.05) is 28.8 Å². The molecular weight excluding hydrogens is 358 g/mol. The molecule has 0 amide bonds. The van der Waals surface area contributed by atoms with Gasteiger partial charge < -0.3 is 10.1 Å². The third-order valence-electron chi connectivity index (χ3n) is 4.15. The molecule has 6 heteroatoms. The lowest BCUT2D eigenvalue weighted by atomic mass is 9.95. The van der Waals surface area contributed by atoms with Crippen molar-refractivity contribution in [2.75, 3.05) is 18.5 Å². The van der Waals surface area contributed by atoms with Crippen LogP contribution in [-0.4, -0.2) is 38.7 Å². The van der Waals surface area contributed by atoms with E-state index in [1.807, 2.05) is 0 Å². The molecule has 1 aliphatic rings. The lowest BCUT2D eigenvalue weighted by Crippen LogP contribution is -2.27. The zero-order chi connectivity index (χ0) is 15.8. The molecule has 1 fully saturated rings. The lowest BCUT2D eigenvalue weighted by molar-refractivity contribution is 0.161. The van der Waals surface area contributed by atoms with Gasteiger partial charge in [-0.05, 0) is 53.7 Å². The number of hydrogen-bond donors (Lipinski definition) is 1. The van der Waals surface area contributed by atoms with E-state index in [0.717, 1.165) is 50.7 Å². The molecule has 1 heterocycles. The van der Waals surface area contributed by atoms with Crippen molar-refractivity contribution in [3.8, 4) is 0 Å². The second kappa shape index (κ2) is 9.63. The van der Waals surface area contributed by atoms with E-state index in [1.165, 1.54) is 31.7 Å². The number of nitrogens with zero attached hydrogens (tertiary/aromatic N) is 2. The Bertz CT molecular complexity index is 453. The van der Waals surface area contributed by atoms with E-state index in [2.05, 4.69) is 45.1 Å². The molecule has 0 aromatic carbocycles. The number of halogens is 1. The molecular formula is C16H26BrN3OSi. The fourth-order valence-corrected chi connectivity index (χ4v) is 4.88. The number of ether oxygens (including phenoxy) is 1. The molecule has 4 nitrogen and oxygen atoms in total.